The topological polar surface area (TPSA) is 50.5 Å². The minimum absolute atomic E-state index is 0.324. The molecule has 0 unspecified atom stereocenters. The number of thioether (sulfide) groups is 1. The van der Waals surface area contributed by atoms with Crippen molar-refractivity contribution in [3.05, 3.63) is 93.7 Å². The van der Waals surface area contributed by atoms with Crippen molar-refractivity contribution in [3.8, 4) is 0 Å². The van der Waals surface area contributed by atoms with Gasteiger partial charge in [-0.25, -0.2) is 4.90 Å². The number of aryl methyl sites for hydroxylation is 1. The molecule has 2 heterocycles. The maximum absolute atomic E-state index is 13.2. The highest BCUT2D eigenvalue weighted by Gasteiger charge is 2.40. The summed E-state index contributed by atoms with van der Waals surface area (Å²) in [6.07, 6.45) is 1.59. The molecule has 4 nitrogen and oxygen atoms in total. The summed E-state index contributed by atoms with van der Waals surface area (Å²) in [5, 5.41) is 0.571. The molecule has 0 N–H and O–H groups in total. The predicted octanol–water partition coefficient (Wildman–Crippen LogP) is 5.46. The number of amides is 2. The summed E-state index contributed by atoms with van der Waals surface area (Å²) in [6, 6.07) is 17.9. The minimum atomic E-state index is -0.335. The maximum Gasteiger partial charge on any atom is 0.272 e. The number of hydrogen-bond acceptors (Lipinski definition) is 4. The van der Waals surface area contributed by atoms with Gasteiger partial charge in [0.2, 0.25) is 0 Å². The Balaban J connectivity index is 1.74. The zero-order valence-corrected chi connectivity index (χ0v) is 16.6. The molecule has 3 aromatic rings. The Bertz CT molecular complexity index is 1050. The standard InChI is InChI=1S/C22H16ClNO3S/c1-14-4-10-17(11-5-14)24-21(25)19(15-6-8-16(23)9-7-15)20(22(24)26)28-13-18-3-2-12-27-18/h2-12H,13H2,1H3. The second kappa shape index (κ2) is 7.70. The van der Waals surface area contributed by atoms with E-state index in [1.54, 1.807) is 48.7 Å². The lowest BCUT2D eigenvalue weighted by molar-refractivity contribution is -0.119. The van der Waals surface area contributed by atoms with Crippen LogP contribution in [-0.4, -0.2) is 11.8 Å². The largest absolute Gasteiger partial charge is 0.468 e. The van der Waals surface area contributed by atoms with E-state index in [0.717, 1.165) is 11.3 Å². The van der Waals surface area contributed by atoms with Gasteiger partial charge in [-0.3, -0.25) is 9.59 Å². The van der Waals surface area contributed by atoms with Crippen LogP contribution in [-0.2, 0) is 15.3 Å². The van der Waals surface area contributed by atoms with E-state index in [-0.39, 0.29) is 11.8 Å². The number of carbonyl (C=O) groups excluding carboxylic acids is 2. The fraction of sp³-hybridized carbons (Fsp3) is 0.0909. The van der Waals surface area contributed by atoms with Gasteiger partial charge in [0, 0.05) is 5.02 Å². The summed E-state index contributed by atoms with van der Waals surface area (Å²) in [5.74, 6) is 0.538. The molecular weight excluding hydrogens is 394 g/mol. The normalized spacial score (nSPS) is 14.3. The molecule has 2 aromatic carbocycles. The highest BCUT2D eigenvalue weighted by Crippen LogP contribution is 2.39. The molecule has 6 heteroatoms. The summed E-state index contributed by atoms with van der Waals surface area (Å²) >= 11 is 7.30. The number of rotatable bonds is 5. The smallest absolute Gasteiger partial charge is 0.272 e. The van der Waals surface area contributed by atoms with Crippen molar-refractivity contribution in [3.63, 3.8) is 0 Å². The molecule has 0 radical (unpaired) electrons. The molecule has 0 atom stereocenters. The number of furan rings is 1. The van der Waals surface area contributed by atoms with Gasteiger partial charge in [0.15, 0.2) is 0 Å². The molecule has 0 aliphatic carbocycles. The average Bonchev–Trinajstić information content (AvgIpc) is 3.28. The Morgan fingerprint density at radius 1 is 0.964 bits per heavy atom. The Morgan fingerprint density at radius 2 is 1.68 bits per heavy atom. The lowest BCUT2D eigenvalue weighted by Gasteiger charge is -2.15. The van der Waals surface area contributed by atoms with Gasteiger partial charge < -0.3 is 4.42 Å². The van der Waals surface area contributed by atoms with Crippen LogP contribution < -0.4 is 4.90 Å². The molecule has 140 valence electrons. The third-order valence-electron chi connectivity index (χ3n) is 4.41. The van der Waals surface area contributed by atoms with E-state index < -0.39 is 0 Å². The first-order chi connectivity index (χ1) is 13.5. The van der Waals surface area contributed by atoms with Crippen molar-refractivity contribution in [1.82, 2.24) is 0 Å². The number of benzene rings is 2. The molecule has 2 amide bonds. The second-order valence-corrected chi connectivity index (χ2v) is 7.78. The Kier molecular flexibility index (Phi) is 5.11. The predicted molar refractivity (Wildman–Crippen MR) is 112 cm³/mol. The number of anilines is 1. The summed E-state index contributed by atoms with van der Waals surface area (Å²) in [7, 11) is 0. The van der Waals surface area contributed by atoms with Crippen LogP contribution in [0.2, 0.25) is 5.02 Å². The number of carbonyl (C=O) groups is 2. The van der Waals surface area contributed by atoms with Crippen LogP contribution >= 0.6 is 23.4 Å². The molecule has 0 saturated heterocycles. The quantitative estimate of drug-likeness (QED) is 0.525. The van der Waals surface area contributed by atoms with Gasteiger partial charge in [0.05, 0.1) is 28.2 Å². The highest BCUT2D eigenvalue weighted by molar-refractivity contribution is 8.03. The van der Waals surface area contributed by atoms with Crippen LogP contribution in [0.15, 0.2) is 76.2 Å². The summed E-state index contributed by atoms with van der Waals surface area (Å²) in [4.78, 5) is 28.1. The van der Waals surface area contributed by atoms with E-state index in [2.05, 4.69) is 0 Å². The van der Waals surface area contributed by atoms with Gasteiger partial charge in [-0.2, -0.15) is 0 Å². The van der Waals surface area contributed by atoms with Gasteiger partial charge in [-0.15, -0.1) is 11.8 Å². The van der Waals surface area contributed by atoms with Gasteiger partial charge in [-0.05, 0) is 48.9 Å². The van der Waals surface area contributed by atoms with Crippen LogP contribution in [0.3, 0.4) is 0 Å². The van der Waals surface area contributed by atoms with Crippen molar-refractivity contribution in [2.24, 2.45) is 0 Å². The van der Waals surface area contributed by atoms with Crippen LogP contribution in [0.25, 0.3) is 5.57 Å². The summed E-state index contributed by atoms with van der Waals surface area (Å²) in [5.41, 5.74) is 2.67. The summed E-state index contributed by atoms with van der Waals surface area (Å²) in [6.45, 7) is 1.96. The monoisotopic (exact) mass is 409 g/mol. The van der Waals surface area contributed by atoms with E-state index >= 15 is 0 Å². The first-order valence-corrected chi connectivity index (χ1v) is 10.0. The zero-order chi connectivity index (χ0) is 19.7. The van der Waals surface area contributed by atoms with E-state index in [1.807, 2.05) is 25.1 Å². The molecule has 1 aliphatic rings. The zero-order valence-electron chi connectivity index (χ0n) is 15.0. The third kappa shape index (κ3) is 3.51. The molecule has 0 saturated carbocycles. The molecule has 0 fully saturated rings. The Labute approximate surface area is 171 Å². The maximum atomic E-state index is 13.2. The van der Waals surface area contributed by atoms with Crippen molar-refractivity contribution in [2.75, 3.05) is 4.90 Å². The minimum Gasteiger partial charge on any atom is -0.468 e. The fourth-order valence-electron chi connectivity index (χ4n) is 2.98. The van der Waals surface area contributed by atoms with E-state index in [1.165, 1.54) is 16.7 Å². The van der Waals surface area contributed by atoms with Crippen LogP contribution in [0, 0.1) is 6.92 Å². The van der Waals surface area contributed by atoms with E-state index in [4.69, 9.17) is 16.0 Å². The van der Waals surface area contributed by atoms with Crippen LogP contribution in [0.5, 0.6) is 0 Å². The first kappa shape index (κ1) is 18.6. The van der Waals surface area contributed by atoms with Crippen LogP contribution in [0.4, 0.5) is 5.69 Å². The average molecular weight is 410 g/mol. The lowest BCUT2D eigenvalue weighted by atomic mass is 10.1. The second-order valence-electron chi connectivity index (χ2n) is 6.36. The van der Waals surface area contributed by atoms with Gasteiger partial charge in [0.25, 0.3) is 11.8 Å². The lowest BCUT2D eigenvalue weighted by Crippen LogP contribution is -2.31. The molecule has 0 spiro atoms. The SMILES string of the molecule is Cc1ccc(N2C(=O)C(SCc3ccco3)=C(c3ccc(Cl)cc3)C2=O)cc1. The van der Waals surface area contributed by atoms with Crippen molar-refractivity contribution in [2.45, 2.75) is 12.7 Å². The van der Waals surface area contributed by atoms with Gasteiger partial charge in [0.1, 0.15) is 5.76 Å². The number of halogens is 1. The molecular formula is C22H16ClNO3S. The highest BCUT2D eigenvalue weighted by atomic mass is 35.5. The van der Waals surface area contributed by atoms with Crippen molar-refractivity contribution in [1.29, 1.82) is 0 Å². The number of imide groups is 1. The summed E-state index contributed by atoms with van der Waals surface area (Å²) < 4.78 is 5.37. The first-order valence-electron chi connectivity index (χ1n) is 8.65. The Hall–Kier alpha value is -2.76. The molecule has 28 heavy (non-hydrogen) atoms. The van der Waals surface area contributed by atoms with Crippen molar-refractivity contribution < 1.29 is 14.0 Å². The number of hydrogen-bond donors (Lipinski definition) is 0. The van der Waals surface area contributed by atoms with E-state index in [0.29, 0.717) is 32.5 Å². The Morgan fingerprint density at radius 3 is 2.32 bits per heavy atom. The van der Waals surface area contributed by atoms with Gasteiger partial charge >= 0.3 is 0 Å². The molecule has 1 aliphatic heterocycles. The fourth-order valence-corrected chi connectivity index (χ4v) is 4.12. The molecule has 4 rings (SSSR count). The molecule has 1 aromatic heterocycles. The van der Waals surface area contributed by atoms with E-state index in [9.17, 15) is 9.59 Å². The third-order valence-corrected chi connectivity index (χ3v) is 5.75. The number of nitrogens with zero attached hydrogens (tertiary/aromatic N) is 1. The van der Waals surface area contributed by atoms with Crippen molar-refractivity contribution >= 4 is 46.4 Å². The van der Waals surface area contributed by atoms with Crippen LogP contribution in [0.1, 0.15) is 16.9 Å². The van der Waals surface area contributed by atoms with Gasteiger partial charge in [-0.1, -0.05) is 41.4 Å². The molecule has 0 bridgehead atoms.